The van der Waals surface area contributed by atoms with Crippen molar-refractivity contribution < 1.29 is 245 Å². The SMILES string of the molecule is CC(C)(C)c1nn(-c2cc(C(=O)[O-])cc(C(=O)[O-])c2)c(N)c1N=Nc1nnc(SCCSc2nnc(N=Nc3c(C(C)(C)C)nn(-c4cc(C(=O)[O-])cc(C(=O)[O-])c4)c3N)s2)s1.[K+].[K+].[K+].[K+]. The van der Waals surface area contributed by atoms with E-state index in [0.29, 0.717) is 31.6 Å². The summed E-state index contributed by atoms with van der Waals surface area (Å²) in [7, 11) is 0. The first-order valence-electron chi connectivity index (χ1n) is 17.8. The van der Waals surface area contributed by atoms with Crippen LogP contribution < -0.4 is 237 Å². The van der Waals surface area contributed by atoms with E-state index in [4.69, 9.17) is 11.5 Å². The summed E-state index contributed by atoms with van der Waals surface area (Å²) in [4.78, 5) is 46.3. The van der Waals surface area contributed by atoms with E-state index in [-0.39, 0.29) is 250 Å². The van der Waals surface area contributed by atoms with Gasteiger partial charge in [-0.3, -0.25) is 0 Å². The second kappa shape index (κ2) is 26.6. The number of carboxylic acid groups (broad SMARTS) is 4. The van der Waals surface area contributed by atoms with Gasteiger partial charge in [-0.25, -0.2) is 9.36 Å². The number of aromatic carboxylic acids is 4. The Bertz CT molecular complexity index is 2570. The van der Waals surface area contributed by atoms with Crippen LogP contribution in [0.4, 0.5) is 33.3 Å². The van der Waals surface area contributed by atoms with Crippen LogP contribution in [0, 0.1) is 0 Å². The number of anilines is 2. The molecule has 4 N–H and O–H groups in total. The molecule has 22 nitrogen and oxygen atoms in total. The molecule has 0 saturated heterocycles. The van der Waals surface area contributed by atoms with Gasteiger partial charge in [-0.15, -0.1) is 40.9 Å². The first-order valence-corrected chi connectivity index (χ1v) is 21.4. The molecule has 30 heteroatoms. The molecule has 0 aliphatic rings. The van der Waals surface area contributed by atoms with Crippen molar-refractivity contribution in [1.82, 2.24) is 40.0 Å². The smallest absolute Gasteiger partial charge is 0.545 e. The van der Waals surface area contributed by atoms with Gasteiger partial charge >= 0.3 is 206 Å². The third-order valence-electron chi connectivity index (χ3n) is 8.28. The molecule has 0 saturated carbocycles. The molecule has 0 unspecified atom stereocenters. The fourth-order valence-corrected chi connectivity index (χ4v) is 8.87. The number of thioether (sulfide) groups is 2. The van der Waals surface area contributed by atoms with Crippen LogP contribution in [0.25, 0.3) is 11.4 Å². The van der Waals surface area contributed by atoms with Gasteiger partial charge < -0.3 is 51.1 Å². The molecule has 0 aliphatic heterocycles. The Balaban J connectivity index is 0.00000374. The monoisotopic (exact) mass is 1070 g/mol. The number of carbonyl (C=O) groups excluding carboxylic acids is 4. The minimum atomic E-state index is -1.60. The van der Waals surface area contributed by atoms with Crippen LogP contribution in [-0.4, -0.2) is 75.3 Å². The van der Waals surface area contributed by atoms with Crippen molar-refractivity contribution in [3.05, 3.63) is 70.0 Å². The Morgan fingerprint density at radius 3 is 1.12 bits per heavy atom. The third kappa shape index (κ3) is 15.7. The summed E-state index contributed by atoms with van der Waals surface area (Å²) in [5.41, 5.74) is 11.2. The number of carboxylic acids is 4. The van der Waals surface area contributed by atoms with Crippen molar-refractivity contribution in [2.45, 2.75) is 61.1 Å². The molecular formula is C36H32K4N14O8S4. The molecule has 0 bridgehead atoms. The number of carbonyl (C=O) groups is 4. The van der Waals surface area contributed by atoms with Crippen molar-refractivity contribution >= 4 is 103 Å². The zero-order valence-electron chi connectivity index (χ0n) is 37.3. The fraction of sp³-hybridized carbons (Fsp3) is 0.278. The zero-order chi connectivity index (χ0) is 45.3. The van der Waals surface area contributed by atoms with Gasteiger partial charge in [0, 0.05) is 22.3 Å². The van der Waals surface area contributed by atoms with Gasteiger partial charge in [0.25, 0.3) is 10.3 Å². The molecule has 0 aliphatic carbocycles. The molecule has 4 heterocycles. The molecule has 0 fully saturated rings. The number of benzene rings is 2. The van der Waals surface area contributed by atoms with Crippen LogP contribution in [0.15, 0.2) is 65.5 Å². The maximum absolute atomic E-state index is 11.6. The van der Waals surface area contributed by atoms with Gasteiger partial charge in [0.1, 0.15) is 0 Å². The van der Waals surface area contributed by atoms with Crippen LogP contribution in [0.1, 0.15) is 94.4 Å². The van der Waals surface area contributed by atoms with Crippen molar-refractivity contribution in [3.8, 4) is 11.4 Å². The first kappa shape index (κ1) is 62.0. The second-order valence-electron chi connectivity index (χ2n) is 15.0. The predicted molar refractivity (Wildman–Crippen MR) is 220 cm³/mol. The van der Waals surface area contributed by atoms with Gasteiger partial charge in [-0.2, -0.15) is 10.2 Å². The standard InChI is InChI=1S/C36H36N14O8S4.4K/c1-35(2,3)23-21(25(37)49(47-23)19-11-15(27(51)52)9-16(12-19)28(53)54)39-41-31-43-45-33(61-31)59-7-8-60-34-46-44-32(62-34)42-40-22-24(36(4,5)6)48-50(26(22)38)20-13-17(29(55)56)10-18(14-20)30(57)58;;;;/h9-14H,7-8,37-38H2,1-6H3,(H,51,52)(H,53,54)(H,55,56)(H,57,58);;;;/q;4*+1/p-4. The molecule has 6 aromatic rings. The third-order valence-corrected chi connectivity index (χ3v) is 12.4. The summed E-state index contributed by atoms with van der Waals surface area (Å²) in [5.74, 6) is -5.24. The number of hydrogen-bond acceptors (Lipinski definition) is 24. The molecule has 0 amide bonds. The van der Waals surface area contributed by atoms with Crippen LogP contribution in [0.2, 0.25) is 0 Å². The van der Waals surface area contributed by atoms with E-state index in [1.807, 2.05) is 41.5 Å². The number of aromatic nitrogens is 8. The van der Waals surface area contributed by atoms with Gasteiger partial charge in [0.15, 0.2) is 31.7 Å². The van der Waals surface area contributed by atoms with Gasteiger partial charge in [-0.05, 0) is 58.7 Å². The van der Waals surface area contributed by atoms with E-state index in [1.54, 1.807) is 0 Å². The van der Waals surface area contributed by atoms with Gasteiger partial charge in [0.2, 0.25) is 0 Å². The van der Waals surface area contributed by atoms with Crippen LogP contribution >= 0.6 is 46.2 Å². The summed E-state index contributed by atoms with van der Waals surface area (Å²) in [6.07, 6.45) is 0. The van der Waals surface area contributed by atoms with Crippen molar-refractivity contribution in [2.24, 2.45) is 20.5 Å². The number of nitrogen functional groups attached to an aromatic ring is 2. The molecule has 66 heavy (non-hydrogen) atoms. The Kier molecular flexibility index (Phi) is 25.0. The van der Waals surface area contributed by atoms with E-state index < -0.39 is 57.0 Å². The summed E-state index contributed by atoms with van der Waals surface area (Å²) < 4.78 is 3.56. The topological polar surface area (TPSA) is 349 Å². The molecule has 2 aromatic carbocycles. The second-order valence-corrected chi connectivity index (χ2v) is 19.6. The van der Waals surface area contributed by atoms with Crippen molar-refractivity contribution in [1.29, 1.82) is 0 Å². The normalized spacial score (nSPS) is 11.4. The summed E-state index contributed by atoms with van der Waals surface area (Å²) in [6.45, 7) is 11.1. The van der Waals surface area contributed by atoms with E-state index in [0.717, 1.165) is 12.1 Å². The van der Waals surface area contributed by atoms with Crippen LogP contribution in [-0.2, 0) is 10.8 Å². The number of nitrogens with two attached hydrogens (primary N) is 2. The Labute approximate surface area is 562 Å². The average Bonchev–Trinajstić information content (AvgIpc) is 4.00. The molecule has 0 spiro atoms. The van der Waals surface area contributed by atoms with Crippen molar-refractivity contribution in [3.63, 3.8) is 0 Å². The van der Waals surface area contributed by atoms with Crippen LogP contribution in [0.3, 0.4) is 0 Å². The van der Waals surface area contributed by atoms with Gasteiger partial charge in [0.05, 0.1) is 46.6 Å². The van der Waals surface area contributed by atoms with E-state index in [1.165, 1.54) is 79.8 Å². The van der Waals surface area contributed by atoms with E-state index in [2.05, 4.69) is 51.0 Å². The van der Waals surface area contributed by atoms with Gasteiger partial charge in [-0.1, -0.05) is 87.7 Å². The quantitative estimate of drug-likeness (QED) is 0.0417. The fourth-order valence-electron chi connectivity index (χ4n) is 5.43. The Hall–Kier alpha value is -0.0945. The first-order chi connectivity index (χ1) is 29.1. The largest absolute Gasteiger partial charge is 1.00 e. The molecule has 6 rings (SSSR count). The maximum Gasteiger partial charge on any atom is 1.00 e. The predicted octanol–water partition coefficient (Wildman–Crippen LogP) is -9.29. The van der Waals surface area contributed by atoms with Crippen molar-refractivity contribution in [2.75, 3.05) is 23.0 Å². The molecule has 322 valence electrons. The molecule has 4 aromatic heterocycles. The Morgan fingerprint density at radius 2 is 0.848 bits per heavy atom. The van der Waals surface area contributed by atoms with E-state index >= 15 is 0 Å². The molecule has 0 radical (unpaired) electrons. The zero-order valence-corrected chi connectivity index (χ0v) is 53.1. The minimum absolute atomic E-state index is 0. The average molecular weight is 1070 g/mol. The number of rotatable bonds is 15. The Morgan fingerprint density at radius 1 is 0.545 bits per heavy atom. The number of azo groups is 2. The molecule has 0 atom stereocenters. The summed E-state index contributed by atoms with van der Waals surface area (Å²) >= 11 is 5.20. The van der Waals surface area contributed by atoms with E-state index in [9.17, 15) is 39.6 Å². The maximum atomic E-state index is 11.6. The number of nitrogens with zero attached hydrogens (tertiary/aromatic N) is 12. The summed E-state index contributed by atoms with van der Waals surface area (Å²) in [5, 5.41) is 89.4. The minimum Gasteiger partial charge on any atom is -0.545 e. The summed E-state index contributed by atoms with van der Waals surface area (Å²) in [6, 6.07) is 6.52. The van der Waals surface area contributed by atoms with Crippen LogP contribution in [0.5, 0.6) is 0 Å². The number of hydrogen-bond donors (Lipinski definition) is 2. The molecular weight excluding hydrogens is 1040 g/mol.